The van der Waals surface area contributed by atoms with Gasteiger partial charge in [0.05, 0.1) is 5.25 Å². The fourth-order valence-electron chi connectivity index (χ4n) is 0.677. The van der Waals surface area contributed by atoms with Gasteiger partial charge in [0.15, 0.2) is 0 Å². The van der Waals surface area contributed by atoms with E-state index in [-0.39, 0.29) is 5.25 Å². The summed E-state index contributed by atoms with van der Waals surface area (Å²) >= 11 is 3.26. The number of hydrogen-bond donors (Lipinski definition) is 0. The summed E-state index contributed by atoms with van der Waals surface area (Å²) in [5, 5.41) is 0.593. The van der Waals surface area contributed by atoms with Crippen LogP contribution in [0.25, 0.3) is 0 Å². The van der Waals surface area contributed by atoms with Crippen LogP contribution < -0.4 is 0 Å². The third kappa shape index (κ3) is 2.22. The van der Waals surface area contributed by atoms with Crippen molar-refractivity contribution in [3.05, 3.63) is 0 Å². The Morgan fingerprint density at radius 2 is 2.33 bits per heavy atom. The molecule has 1 fully saturated rings. The Morgan fingerprint density at radius 1 is 1.56 bits per heavy atom. The standard InChI is InChI=1S/C6H10OS2/c1-5-6(7)9-4-2-3-8-5/h5H,2-4H2,1H3. The van der Waals surface area contributed by atoms with Crippen molar-refractivity contribution >= 4 is 28.6 Å². The summed E-state index contributed by atoms with van der Waals surface area (Å²) < 4.78 is 0. The van der Waals surface area contributed by atoms with Crippen molar-refractivity contribution in [2.24, 2.45) is 0 Å². The van der Waals surface area contributed by atoms with Crippen molar-refractivity contribution in [3.8, 4) is 0 Å². The smallest absolute Gasteiger partial charge is 0.201 e. The van der Waals surface area contributed by atoms with E-state index in [0.29, 0.717) is 5.12 Å². The number of rotatable bonds is 0. The molecule has 1 aliphatic heterocycles. The Hall–Kier alpha value is 0.370. The van der Waals surface area contributed by atoms with Crippen LogP contribution in [-0.4, -0.2) is 21.9 Å². The second-order valence-corrected chi connectivity index (χ2v) is 4.58. The summed E-state index contributed by atoms with van der Waals surface area (Å²) in [7, 11) is 0. The van der Waals surface area contributed by atoms with Gasteiger partial charge in [-0.1, -0.05) is 11.8 Å². The molecule has 1 saturated heterocycles. The van der Waals surface area contributed by atoms with Crippen molar-refractivity contribution in [2.75, 3.05) is 11.5 Å². The molecule has 0 aromatic carbocycles. The van der Waals surface area contributed by atoms with Crippen LogP contribution >= 0.6 is 23.5 Å². The van der Waals surface area contributed by atoms with Crippen LogP contribution in [-0.2, 0) is 4.79 Å². The molecule has 1 heterocycles. The Kier molecular flexibility index (Phi) is 2.92. The summed E-state index contributed by atoms with van der Waals surface area (Å²) in [6.45, 7) is 1.99. The molecular formula is C6H10OS2. The highest BCUT2D eigenvalue weighted by molar-refractivity contribution is 8.16. The monoisotopic (exact) mass is 162 g/mol. The summed E-state index contributed by atoms with van der Waals surface area (Å²) in [4.78, 5) is 11.0. The molecule has 0 spiro atoms. The zero-order valence-electron chi connectivity index (χ0n) is 5.42. The molecule has 1 nitrogen and oxygen atoms in total. The van der Waals surface area contributed by atoms with E-state index in [9.17, 15) is 4.79 Å². The highest BCUT2D eigenvalue weighted by atomic mass is 32.2. The third-order valence-corrected chi connectivity index (χ3v) is 3.75. The van der Waals surface area contributed by atoms with Crippen molar-refractivity contribution in [1.29, 1.82) is 0 Å². The zero-order valence-corrected chi connectivity index (χ0v) is 7.06. The Bertz CT molecular complexity index is 114. The van der Waals surface area contributed by atoms with Crippen molar-refractivity contribution < 1.29 is 4.79 Å². The predicted octanol–water partition coefficient (Wildman–Crippen LogP) is 1.77. The Morgan fingerprint density at radius 3 is 3.11 bits per heavy atom. The van der Waals surface area contributed by atoms with Crippen LogP contribution in [0.5, 0.6) is 0 Å². The number of carbonyl (C=O) groups excluding carboxylic acids is 1. The SMILES string of the molecule is CC1SCCCSC1=O. The van der Waals surface area contributed by atoms with Crippen LogP contribution in [0.4, 0.5) is 0 Å². The minimum Gasteiger partial charge on any atom is -0.286 e. The molecule has 0 radical (unpaired) electrons. The summed E-state index contributed by atoms with van der Waals surface area (Å²) in [6.07, 6.45) is 1.19. The van der Waals surface area contributed by atoms with E-state index in [0.717, 1.165) is 11.5 Å². The van der Waals surface area contributed by atoms with E-state index in [2.05, 4.69) is 0 Å². The van der Waals surface area contributed by atoms with Gasteiger partial charge in [-0.05, 0) is 19.1 Å². The first-order valence-electron chi connectivity index (χ1n) is 3.09. The van der Waals surface area contributed by atoms with Crippen LogP contribution in [0, 0.1) is 0 Å². The number of thioether (sulfide) groups is 2. The topological polar surface area (TPSA) is 17.1 Å². The molecule has 1 atom stereocenters. The lowest BCUT2D eigenvalue weighted by molar-refractivity contribution is -0.110. The van der Waals surface area contributed by atoms with Gasteiger partial charge in [0.2, 0.25) is 5.12 Å². The molecule has 1 unspecified atom stereocenters. The highest BCUT2D eigenvalue weighted by Crippen LogP contribution is 2.23. The molecule has 3 heteroatoms. The molecule has 0 bridgehead atoms. The molecule has 0 aromatic heterocycles. The molecular weight excluding hydrogens is 152 g/mol. The zero-order chi connectivity index (χ0) is 6.69. The third-order valence-electron chi connectivity index (χ3n) is 1.23. The molecule has 1 aliphatic rings. The largest absolute Gasteiger partial charge is 0.286 e. The Labute approximate surface area is 64.0 Å². The van der Waals surface area contributed by atoms with Gasteiger partial charge in [-0.25, -0.2) is 0 Å². The van der Waals surface area contributed by atoms with Crippen LogP contribution in [0.15, 0.2) is 0 Å². The maximum absolute atomic E-state index is 11.0. The summed E-state index contributed by atoms with van der Waals surface area (Å²) in [6, 6.07) is 0. The van der Waals surface area contributed by atoms with Gasteiger partial charge in [-0.2, -0.15) is 0 Å². The highest BCUT2D eigenvalue weighted by Gasteiger charge is 2.16. The first-order chi connectivity index (χ1) is 4.30. The van der Waals surface area contributed by atoms with Gasteiger partial charge >= 0.3 is 0 Å². The minimum atomic E-state index is 0.234. The van der Waals surface area contributed by atoms with Gasteiger partial charge < -0.3 is 0 Å². The second-order valence-electron chi connectivity index (χ2n) is 2.03. The van der Waals surface area contributed by atoms with E-state index >= 15 is 0 Å². The lowest BCUT2D eigenvalue weighted by Crippen LogP contribution is -2.06. The lowest BCUT2D eigenvalue weighted by Gasteiger charge is -2.01. The fourth-order valence-corrected chi connectivity index (χ4v) is 2.79. The molecule has 0 N–H and O–H groups in total. The average Bonchev–Trinajstić information content (AvgIpc) is 1.99. The van der Waals surface area contributed by atoms with E-state index in [1.807, 2.05) is 6.92 Å². The van der Waals surface area contributed by atoms with Gasteiger partial charge in [0.1, 0.15) is 0 Å². The molecule has 9 heavy (non-hydrogen) atoms. The summed E-state index contributed by atoms with van der Waals surface area (Å²) in [5.41, 5.74) is 0. The van der Waals surface area contributed by atoms with Crippen molar-refractivity contribution in [3.63, 3.8) is 0 Å². The Balaban J connectivity index is 2.41. The average molecular weight is 162 g/mol. The minimum absolute atomic E-state index is 0.234. The van der Waals surface area contributed by atoms with Gasteiger partial charge in [-0.15, -0.1) is 11.8 Å². The van der Waals surface area contributed by atoms with E-state index < -0.39 is 0 Å². The first kappa shape index (κ1) is 7.48. The van der Waals surface area contributed by atoms with E-state index in [1.54, 1.807) is 11.8 Å². The van der Waals surface area contributed by atoms with Crippen LogP contribution in [0.2, 0.25) is 0 Å². The number of carbonyl (C=O) groups is 1. The van der Waals surface area contributed by atoms with Gasteiger partial charge in [-0.3, -0.25) is 4.79 Å². The quantitative estimate of drug-likeness (QED) is 0.540. The van der Waals surface area contributed by atoms with E-state index in [4.69, 9.17) is 0 Å². The maximum atomic E-state index is 11.0. The molecule has 0 aliphatic carbocycles. The summed E-state index contributed by atoms with van der Waals surface area (Å²) in [5.74, 6) is 2.18. The maximum Gasteiger partial charge on any atom is 0.201 e. The fraction of sp³-hybridized carbons (Fsp3) is 0.833. The second kappa shape index (κ2) is 3.52. The van der Waals surface area contributed by atoms with Gasteiger partial charge in [0.25, 0.3) is 0 Å². The molecule has 1 rings (SSSR count). The molecule has 52 valence electrons. The van der Waals surface area contributed by atoms with Crippen molar-refractivity contribution in [1.82, 2.24) is 0 Å². The van der Waals surface area contributed by atoms with Crippen molar-refractivity contribution in [2.45, 2.75) is 18.6 Å². The predicted molar refractivity (Wildman–Crippen MR) is 44.0 cm³/mol. The van der Waals surface area contributed by atoms with Crippen LogP contribution in [0.1, 0.15) is 13.3 Å². The van der Waals surface area contributed by atoms with Crippen LogP contribution in [0.3, 0.4) is 0 Å². The molecule has 0 amide bonds. The first-order valence-corrected chi connectivity index (χ1v) is 5.12. The molecule has 0 saturated carbocycles. The normalized spacial score (nSPS) is 29.9. The van der Waals surface area contributed by atoms with Gasteiger partial charge in [0, 0.05) is 5.75 Å². The molecule has 0 aromatic rings. The number of hydrogen-bond acceptors (Lipinski definition) is 3. The van der Waals surface area contributed by atoms with E-state index in [1.165, 1.54) is 18.2 Å². The lowest BCUT2D eigenvalue weighted by atomic mass is 10.5.